The minimum Gasteiger partial charge on any atom is -0.323 e. The van der Waals surface area contributed by atoms with Gasteiger partial charge in [-0.3, -0.25) is 4.57 Å². The van der Waals surface area contributed by atoms with Crippen LogP contribution in [0, 0.1) is 0 Å². The van der Waals surface area contributed by atoms with Crippen LogP contribution in [0.5, 0.6) is 0 Å². The average molecular weight is 274 g/mol. The number of H-pyrrole nitrogens is 1. The van der Waals surface area contributed by atoms with E-state index in [9.17, 15) is 0 Å². The second-order valence-electron chi connectivity index (χ2n) is 5.01. The van der Waals surface area contributed by atoms with Gasteiger partial charge in [-0.15, -0.1) is 0 Å². The van der Waals surface area contributed by atoms with Crippen LogP contribution in [0.1, 0.15) is 11.3 Å². The second-order valence-corrected chi connectivity index (χ2v) is 5.01. The molecule has 21 heavy (non-hydrogen) atoms. The Morgan fingerprint density at radius 2 is 1.76 bits per heavy atom. The number of rotatable bonds is 3. The summed E-state index contributed by atoms with van der Waals surface area (Å²) in [6, 6.07) is 18.3. The van der Waals surface area contributed by atoms with Crippen LogP contribution in [0.4, 0.5) is 0 Å². The van der Waals surface area contributed by atoms with E-state index in [0.717, 1.165) is 29.1 Å². The quantitative estimate of drug-likeness (QED) is 0.623. The molecule has 0 saturated carbocycles. The van der Waals surface area contributed by atoms with Crippen LogP contribution in [0.15, 0.2) is 67.1 Å². The van der Waals surface area contributed by atoms with Crippen molar-refractivity contribution in [3.63, 3.8) is 0 Å². The molecule has 0 spiro atoms. The molecule has 0 aliphatic carbocycles. The summed E-state index contributed by atoms with van der Waals surface area (Å²) in [4.78, 5) is 12.3. The molecular weight excluding hydrogens is 260 g/mol. The number of aromatic amines is 1. The van der Waals surface area contributed by atoms with E-state index in [1.54, 1.807) is 6.33 Å². The van der Waals surface area contributed by atoms with Gasteiger partial charge in [-0.05, 0) is 17.7 Å². The van der Waals surface area contributed by atoms with E-state index < -0.39 is 0 Å². The maximum Gasteiger partial charge on any atom is 0.213 e. The predicted octanol–water partition coefficient (Wildman–Crippen LogP) is 3.34. The standard InChI is InChI=1S/C17H14N4/c1-2-6-13(7-3-1)10-14-11-21(12-18-14)17-19-15-8-4-5-9-16(15)20-17/h1-9,11-12H,10H2,(H,19,20). The Bertz CT molecular complexity index is 841. The van der Waals surface area contributed by atoms with Crippen LogP contribution >= 0.6 is 0 Å². The highest BCUT2D eigenvalue weighted by molar-refractivity contribution is 5.75. The Labute approximate surface area is 122 Å². The van der Waals surface area contributed by atoms with Crippen molar-refractivity contribution in [2.45, 2.75) is 6.42 Å². The van der Waals surface area contributed by atoms with E-state index in [2.05, 4.69) is 27.1 Å². The summed E-state index contributed by atoms with van der Waals surface area (Å²) in [6.07, 6.45) is 4.65. The normalized spacial score (nSPS) is 11.0. The first-order valence-corrected chi connectivity index (χ1v) is 6.90. The second kappa shape index (κ2) is 4.90. The van der Waals surface area contributed by atoms with Gasteiger partial charge in [0.05, 0.1) is 16.7 Å². The Morgan fingerprint density at radius 3 is 2.62 bits per heavy atom. The van der Waals surface area contributed by atoms with Crippen molar-refractivity contribution in [3.05, 3.63) is 78.4 Å². The van der Waals surface area contributed by atoms with E-state index in [1.807, 2.05) is 53.2 Å². The first kappa shape index (κ1) is 11.9. The number of para-hydroxylation sites is 2. The summed E-state index contributed by atoms with van der Waals surface area (Å²) in [5, 5.41) is 0. The molecule has 4 heteroatoms. The molecule has 2 heterocycles. The van der Waals surface area contributed by atoms with Gasteiger partial charge in [-0.1, -0.05) is 42.5 Å². The zero-order valence-corrected chi connectivity index (χ0v) is 11.4. The number of nitrogens with zero attached hydrogens (tertiary/aromatic N) is 3. The van der Waals surface area contributed by atoms with Gasteiger partial charge in [0.25, 0.3) is 0 Å². The third kappa shape index (κ3) is 2.31. The summed E-state index contributed by atoms with van der Waals surface area (Å²) in [6.45, 7) is 0. The molecule has 0 amide bonds. The van der Waals surface area contributed by atoms with Crippen molar-refractivity contribution in [2.24, 2.45) is 0 Å². The monoisotopic (exact) mass is 274 g/mol. The molecule has 0 saturated heterocycles. The Balaban J connectivity index is 1.64. The molecule has 0 atom stereocenters. The van der Waals surface area contributed by atoms with Gasteiger partial charge in [0.15, 0.2) is 0 Å². The third-order valence-electron chi connectivity index (χ3n) is 3.49. The average Bonchev–Trinajstić information content (AvgIpc) is 3.14. The van der Waals surface area contributed by atoms with Crippen molar-refractivity contribution in [1.29, 1.82) is 0 Å². The zero-order chi connectivity index (χ0) is 14.1. The number of aromatic nitrogens is 4. The molecule has 4 nitrogen and oxygen atoms in total. The Kier molecular flexibility index (Phi) is 2.78. The molecule has 2 aromatic heterocycles. The van der Waals surface area contributed by atoms with Gasteiger partial charge < -0.3 is 4.98 Å². The SMILES string of the molecule is c1ccc(Cc2cn(-c3nc4ccccc4[nH]3)cn2)cc1. The molecule has 0 aliphatic rings. The lowest BCUT2D eigenvalue weighted by Gasteiger charge is -1.97. The van der Waals surface area contributed by atoms with E-state index in [4.69, 9.17) is 0 Å². The van der Waals surface area contributed by atoms with Crippen molar-refractivity contribution in [3.8, 4) is 5.95 Å². The maximum atomic E-state index is 4.57. The first-order valence-electron chi connectivity index (χ1n) is 6.90. The lowest BCUT2D eigenvalue weighted by molar-refractivity contribution is 0.967. The van der Waals surface area contributed by atoms with Crippen LogP contribution in [-0.4, -0.2) is 19.5 Å². The third-order valence-corrected chi connectivity index (χ3v) is 3.49. The van der Waals surface area contributed by atoms with Crippen molar-refractivity contribution in [1.82, 2.24) is 19.5 Å². The smallest absolute Gasteiger partial charge is 0.213 e. The molecule has 0 fully saturated rings. The first-order chi connectivity index (χ1) is 10.4. The summed E-state index contributed by atoms with van der Waals surface area (Å²) in [5.74, 6) is 0.794. The number of benzene rings is 2. The Morgan fingerprint density at radius 1 is 0.952 bits per heavy atom. The molecule has 1 N–H and O–H groups in total. The zero-order valence-electron chi connectivity index (χ0n) is 11.4. The fourth-order valence-corrected chi connectivity index (χ4v) is 2.44. The highest BCUT2D eigenvalue weighted by Gasteiger charge is 2.06. The predicted molar refractivity (Wildman–Crippen MR) is 82.5 cm³/mol. The fourth-order valence-electron chi connectivity index (χ4n) is 2.44. The van der Waals surface area contributed by atoms with E-state index >= 15 is 0 Å². The molecule has 4 rings (SSSR count). The van der Waals surface area contributed by atoms with Gasteiger partial charge in [-0.25, -0.2) is 9.97 Å². The van der Waals surface area contributed by atoms with Crippen LogP contribution in [0.3, 0.4) is 0 Å². The van der Waals surface area contributed by atoms with E-state index in [0.29, 0.717) is 0 Å². The molecule has 0 unspecified atom stereocenters. The van der Waals surface area contributed by atoms with Crippen LogP contribution in [0.25, 0.3) is 17.0 Å². The number of imidazole rings is 2. The molecule has 0 aliphatic heterocycles. The van der Waals surface area contributed by atoms with E-state index in [-0.39, 0.29) is 0 Å². The minimum absolute atomic E-state index is 0.794. The fraction of sp³-hybridized carbons (Fsp3) is 0.0588. The molecule has 4 aromatic rings. The van der Waals surface area contributed by atoms with Gasteiger partial charge in [0.1, 0.15) is 6.33 Å². The van der Waals surface area contributed by atoms with Gasteiger partial charge in [0.2, 0.25) is 5.95 Å². The van der Waals surface area contributed by atoms with Gasteiger partial charge in [0, 0.05) is 12.6 Å². The summed E-state index contributed by atoms with van der Waals surface area (Å²) in [5.41, 5.74) is 4.28. The summed E-state index contributed by atoms with van der Waals surface area (Å²) >= 11 is 0. The van der Waals surface area contributed by atoms with Crippen molar-refractivity contribution in [2.75, 3.05) is 0 Å². The molecule has 0 bridgehead atoms. The number of hydrogen-bond donors (Lipinski definition) is 1. The topological polar surface area (TPSA) is 46.5 Å². The van der Waals surface area contributed by atoms with Crippen LogP contribution < -0.4 is 0 Å². The Hall–Kier alpha value is -2.88. The lowest BCUT2D eigenvalue weighted by atomic mass is 10.1. The van der Waals surface area contributed by atoms with Gasteiger partial charge >= 0.3 is 0 Å². The van der Waals surface area contributed by atoms with Crippen molar-refractivity contribution < 1.29 is 0 Å². The van der Waals surface area contributed by atoms with Crippen LogP contribution in [0.2, 0.25) is 0 Å². The lowest BCUT2D eigenvalue weighted by Crippen LogP contribution is -1.92. The molecular formula is C17H14N4. The number of nitrogens with one attached hydrogen (secondary N) is 1. The highest BCUT2D eigenvalue weighted by atomic mass is 15.2. The largest absolute Gasteiger partial charge is 0.323 e. The summed E-state index contributed by atoms with van der Waals surface area (Å²) < 4.78 is 1.93. The maximum absolute atomic E-state index is 4.57. The molecule has 2 aromatic carbocycles. The number of fused-ring (bicyclic) bond motifs is 1. The van der Waals surface area contributed by atoms with Gasteiger partial charge in [-0.2, -0.15) is 0 Å². The molecule has 0 radical (unpaired) electrons. The van der Waals surface area contributed by atoms with Crippen LogP contribution in [-0.2, 0) is 6.42 Å². The minimum atomic E-state index is 0.794. The molecule has 102 valence electrons. The highest BCUT2D eigenvalue weighted by Crippen LogP contribution is 2.14. The number of hydrogen-bond acceptors (Lipinski definition) is 2. The van der Waals surface area contributed by atoms with E-state index in [1.165, 1.54) is 5.56 Å². The van der Waals surface area contributed by atoms with Crippen molar-refractivity contribution >= 4 is 11.0 Å². The summed E-state index contributed by atoms with van der Waals surface area (Å²) in [7, 11) is 0.